The van der Waals surface area contributed by atoms with E-state index in [-0.39, 0.29) is 30.0 Å². The number of unbranched alkanes of at least 4 members (excludes halogenated alkanes) is 5. The summed E-state index contributed by atoms with van der Waals surface area (Å²) in [5.41, 5.74) is 0. The van der Waals surface area contributed by atoms with E-state index in [1.807, 2.05) is 0 Å². The van der Waals surface area contributed by atoms with Gasteiger partial charge in [0.1, 0.15) is 5.78 Å². The van der Waals surface area contributed by atoms with Crippen LogP contribution in [-0.4, -0.2) is 47.7 Å². The Labute approximate surface area is 249 Å². The number of ether oxygens (including phenoxy) is 1. The first-order valence-electron chi connectivity index (χ1n) is 16.9. The van der Waals surface area contributed by atoms with E-state index in [1.165, 1.54) is 26.4 Å². The lowest BCUT2D eigenvalue weighted by molar-refractivity contribution is -0.140. The van der Waals surface area contributed by atoms with Crippen LogP contribution in [0.5, 0.6) is 0 Å². The normalized spacial score (nSPS) is 20.9. The number of Topliss-reactive ketones (excluding diaryl/α,β-unsaturated/α-hetero) is 1. The van der Waals surface area contributed by atoms with Crippen molar-refractivity contribution in [1.82, 2.24) is 0 Å². The van der Waals surface area contributed by atoms with E-state index >= 15 is 0 Å². The number of hydrogen-bond donors (Lipinski definition) is 0. The van der Waals surface area contributed by atoms with Crippen molar-refractivity contribution in [2.24, 2.45) is 11.8 Å². The molecule has 0 aliphatic heterocycles. The van der Waals surface area contributed by atoms with Crippen LogP contribution >= 0.6 is 0 Å². The number of esters is 1. The van der Waals surface area contributed by atoms with Crippen LogP contribution in [0.15, 0.2) is 12.2 Å². The van der Waals surface area contributed by atoms with Crippen molar-refractivity contribution in [3.05, 3.63) is 12.2 Å². The predicted octanol–water partition coefficient (Wildman–Crippen LogP) is 9.62. The molecule has 0 unspecified atom stereocenters. The van der Waals surface area contributed by atoms with Gasteiger partial charge in [-0.05, 0) is 55.5 Å². The lowest BCUT2D eigenvalue weighted by Gasteiger charge is -2.35. The maximum atomic E-state index is 13.4. The van der Waals surface area contributed by atoms with E-state index in [0.29, 0.717) is 18.6 Å². The molecule has 0 spiro atoms. The molecule has 1 aliphatic rings. The van der Waals surface area contributed by atoms with Crippen molar-refractivity contribution >= 4 is 28.4 Å². The van der Waals surface area contributed by atoms with Gasteiger partial charge in [-0.2, -0.15) is 0 Å². The van der Waals surface area contributed by atoms with Gasteiger partial charge >= 0.3 is 5.97 Å². The van der Waals surface area contributed by atoms with Crippen molar-refractivity contribution in [2.45, 2.75) is 168 Å². The van der Waals surface area contributed by atoms with Gasteiger partial charge in [0.05, 0.1) is 19.3 Å². The van der Waals surface area contributed by atoms with Crippen LogP contribution in [0.1, 0.15) is 119 Å². The number of rotatable bonds is 23. The standard InChI is InChI=1S/C33H64O5Si2/c1-9-16-19-22-28(37-39(10-2,11-3)12-4)25-26-30-29(23-20-17-18-21-24-33(35)36-8)31(34)27-32(30)38-40(13-5,14-6)15-7/h25-26,28-30,32H,9-24,27H2,1-8H3/t28-,29+,30+,32+/m0/s1. The van der Waals surface area contributed by atoms with E-state index in [4.69, 9.17) is 13.6 Å². The van der Waals surface area contributed by atoms with Crippen LogP contribution < -0.4 is 0 Å². The highest BCUT2D eigenvalue weighted by atomic mass is 28.4. The summed E-state index contributed by atoms with van der Waals surface area (Å²) in [4.78, 5) is 24.9. The second-order valence-corrected chi connectivity index (χ2v) is 21.5. The first kappa shape index (κ1) is 37.3. The van der Waals surface area contributed by atoms with Gasteiger partial charge in [0.2, 0.25) is 0 Å². The van der Waals surface area contributed by atoms with Gasteiger partial charge in [-0.15, -0.1) is 0 Å². The molecule has 7 heteroatoms. The minimum absolute atomic E-state index is 0.00131. The largest absolute Gasteiger partial charge is 0.469 e. The molecule has 0 aromatic carbocycles. The number of methoxy groups -OCH3 is 1. The zero-order chi connectivity index (χ0) is 30.0. The van der Waals surface area contributed by atoms with Crippen LogP contribution in [0, 0.1) is 11.8 Å². The maximum absolute atomic E-state index is 13.4. The van der Waals surface area contributed by atoms with Gasteiger partial charge in [0.15, 0.2) is 16.6 Å². The zero-order valence-corrected chi connectivity index (χ0v) is 29.5. The average molecular weight is 597 g/mol. The van der Waals surface area contributed by atoms with E-state index < -0.39 is 16.6 Å². The Morgan fingerprint density at radius 3 is 2.00 bits per heavy atom. The lowest BCUT2D eigenvalue weighted by atomic mass is 9.88. The topological polar surface area (TPSA) is 61.8 Å². The van der Waals surface area contributed by atoms with Gasteiger partial charge in [0, 0.05) is 24.7 Å². The molecule has 5 nitrogen and oxygen atoms in total. The Morgan fingerprint density at radius 2 is 1.45 bits per heavy atom. The first-order valence-corrected chi connectivity index (χ1v) is 21.9. The molecule has 0 radical (unpaired) electrons. The number of ketones is 1. The van der Waals surface area contributed by atoms with Gasteiger partial charge in [-0.25, -0.2) is 0 Å². The summed E-state index contributed by atoms with van der Waals surface area (Å²) >= 11 is 0. The third-order valence-corrected chi connectivity index (χ3v) is 19.2. The van der Waals surface area contributed by atoms with Crippen LogP contribution in [0.3, 0.4) is 0 Å². The van der Waals surface area contributed by atoms with E-state index in [1.54, 1.807) is 0 Å². The van der Waals surface area contributed by atoms with Gasteiger partial charge < -0.3 is 13.6 Å². The first-order chi connectivity index (χ1) is 19.2. The lowest BCUT2D eigenvalue weighted by Crippen LogP contribution is -2.41. The Balaban J connectivity index is 3.14. The minimum atomic E-state index is -1.84. The number of carbonyl (C=O) groups is 2. The van der Waals surface area contributed by atoms with Crippen LogP contribution in [0.4, 0.5) is 0 Å². The summed E-state index contributed by atoms with van der Waals surface area (Å²) in [7, 11) is -2.13. The summed E-state index contributed by atoms with van der Waals surface area (Å²) in [6, 6.07) is 6.77. The number of hydrogen-bond acceptors (Lipinski definition) is 5. The second-order valence-electron chi connectivity index (χ2n) is 12.1. The quantitative estimate of drug-likeness (QED) is 0.0508. The van der Waals surface area contributed by atoms with Gasteiger partial charge in [0.25, 0.3) is 0 Å². The molecule has 1 saturated carbocycles. The molecule has 0 amide bonds. The van der Waals surface area contributed by atoms with Crippen molar-refractivity contribution in [1.29, 1.82) is 0 Å². The average Bonchev–Trinajstić information content (AvgIpc) is 3.27. The predicted molar refractivity (Wildman–Crippen MR) is 174 cm³/mol. The highest BCUT2D eigenvalue weighted by molar-refractivity contribution is 6.74. The Bertz CT molecular complexity index is 716. The van der Waals surface area contributed by atoms with Crippen LogP contribution in [0.2, 0.25) is 36.3 Å². The summed E-state index contributed by atoms with van der Waals surface area (Å²) in [6.45, 7) is 16.0. The fourth-order valence-corrected chi connectivity index (χ4v) is 12.2. The molecule has 234 valence electrons. The smallest absolute Gasteiger partial charge is 0.305 e. The number of carbonyl (C=O) groups excluding carboxylic acids is 2. The molecular weight excluding hydrogens is 533 g/mol. The highest BCUT2D eigenvalue weighted by Crippen LogP contribution is 2.40. The molecule has 40 heavy (non-hydrogen) atoms. The van der Waals surface area contributed by atoms with Crippen LogP contribution in [-0.2, 0) is 23.2 Å². The van der Waals surface area contributed by atoms with Crippen LogP contribution in [0.25, 0.3) is 0 Å². The van der Waals surface area contributed by atoms with Crippen molar-refractivity contribution in [3.63, 3.8) is 0 Å². The molecular formula is C33H64O5Si2. The molecule has 0 aromatic heterocycles. The zero-order valence-electron chi connectivity index (χ0n) is 27.5. The molecule has 0 N–H and O–H groups in total. The highest BCUT2D eigenvalue weighted by Gasteiger charge is 2.45. The Hall–Kier alpha value is -0.766. The summed E-state index contributed by atoms with van der Waals surface area (Å²) in [5.74, 6) is 0.408. The molecule has 0 bridgehead atoms. The monoisotopic (exact) mass is 596 g/mol. The van der Waals surface area contributed by atoms with Gasteiger partial charge in [-0.3, -0.25) is 9.59 Å². The third kappa shape index (κ3) is 11.8. The molecule has 0 aromatic rings. The summed E-state index contributed by atoms with van der Waals surface area (Å²) in [6.07, 6.45) is 15.4. The SMILES string of the molecule is CCCCC[C@@H](C=C[C@H]1[C@H](O[Si](CC)(CC)CC)CC(=O)[C@@H]1CCCCCCC(=O)OC)O[Si](CC)(CC)CC. The molecule has 1 rings (SSSR count). The molecule has 0 heterocycles. The summed E-state index contributed by atoms with van der Waals surface area (Å²) < 4.78 is 18.8. The molecule has 0 saturated heterocycles. The minimum Gasteiger partial charge on any atom is -0.469 e. The van der Waals surface area contributed by atoms with Gasteiger partial charge in [-0.1, -0.05) is 99.1 Å². The summed E-state index contributed by atoms with van der Waals surface area (Å²) in [5, 5.41) is 0. The van der Waals surface area contributed by atoms with Crippen molar-refractivity contribution < 1.29 is 23.2 Å². The Morgan fingerprint density at radius 1 is 0.850 bits per heavy atom. The van der Waals surface area contributed by atoms with Crippen molar-refractivity contribution in [3.8, 4) is 0 Å². The molecule has 1 fully saturated rings. The third-order valence-electron chi connectivity index (χ3n) is 9.89. The fraction of sp³-hybridized carbons (Fsp3) is 0.879. The molecule has 4 atom stereocenters. The second kappa shape index (κ2) is 20.2. The maximum Gasteiger partial charge on any atom is 0.305 e. The van der Waals surface area contributed by atoms with E-state index in [9.17, 15) is 9.59 Å². The molecule has 1 aliphatic carbocycles. The van der Waals surface area contributed by atoms with E-state index in [0.717, 1.165) is 74.8 Å². The fourth-order valence-electron chi connectivity index (χ4n) is 6.46. The van der Waals surface area contributed by atoms with Crippen molar-refractivity contribution in [2.75, 3.05) is 7.11 Å². The van der Waals surface area contributed by atoms with E-state index in [2.05, 4.69) is 60.6 Å². The Kier molecular flexibility index (Phi) is 18.8.